The molecule has 0 aromatic heterocycles. The summed E-state index contributed by atoms with van der Waals surface area (Å²) in [6, 6.07) is 0. The van der Waals surface area contributed by atoms with E-state index >= 15 is 0 Å². The molecule has 0 bridgehead atoms. The maximum atomic E-state index is 10.1. The molecule has 0 aliphatic heterocycles. The van der Waals surface area contributed by atoms with Crippen molar-refractivity contribution in [2.24, 2.45) is 0 Å². The molecule has 2 amide bonds. The summed E-state index contributed by atoms with van der Waals surface area (Å²) in [6.45, 7) is -1.74. The molecule has 124 valence electrons. The van der Waals surface area contributed by atoms with Gasteiger partial charge in [-0.25, -0.2) is 0 Å². The molecule has 0 atom stereocenters. The fourth-order valence-electron chi connectivity index (χ4n) is 0.432. The topological polar surface area (TPSA) is 190 Å². The van der Waals surface area contributed by atoms with Crippen LogP contribution in [0, 0.1) is 0 Å². The van der Waals surface area contributed by atoms with Crippen LogP contribution in [0.5, 0.6) is 0 Å². The van der Waals surface area contributed by atoms with Crippen LogP contribution in [0.1, 0.15) is 0 Å². The van der Waals surface area contributed by atoms with Crippen LogP contribution in [-0.2, 0) is 19.2 Å². The monoisotopic (exact) mass is 470 g/mol. The van der Waals surface area contributed by atoms with Crippen molar-refractivity contribution in [3.8, 4) is 0 Å². The molecule has 0 aliphatic rings. The summed E-state index contributed by atoms with van der Waals surface area (Å²) >= 11 is 2.32. The van der Waals surface area contributed by atoms with Gasteiger partial charge in [0, 0.05) is 34.5 Å². The summed E-state index contributed by atoms with van der Waals surface area (Å²) in [5.41, 5.74) is 12.9. The van der Waals surface area contributed by atoms with E-state index in [0.717, 1.165) is 35.2 Å². The van der Waals surface area contributed by atoms with Crippen molar-refractivity contribution in [1.29, 1.82) is 0 Å². The van der Waals surface area contributed by atoms with Crippen molar-refractivity contribution in [2.75, 3.05) is 26.2 Å². The number of hydrogen-bond acceptors (Lipinski definition) is 4. The Labute approximate surface area is 155 Å². The Morgan fingerprint density at radius 1 is 0.773 bits per heavy atom. The Bertz CT molecular complexity index is 295. The van der Waals surface area contributed by atoms with E-state index in [1.54, 1.807) is 0 Å². The first-order valence-electron chi connectivity index (χ1n) is 4.95. The molecule has 0 aliphatic carbocycles. The molecule has 6 N–H and O–H groups in total. The average molecular weight is 473 g/mol. The smallest absolute Gasteiger partial charge is 0.498 e. The molecule has 22 heavy (non-hydrogen) atoms. The zero-order chi connectivity index (χ0) is 18.6. The number of nitrogens with zero attached hydrogens (tertiary/aromatic N) is 2. The van der Waals surface area contributed by atoms with Crippen LogP contribution in [0.25, 0.3) is 22.1 Å². The van der Waals surface area contributed by atoms with Gasteiger partial charge in [0.25, 0.3) is 0 Å². The van der Waals surface area contributed by atoms with Gasteiger partial charge in [-0.2, -0.15) is 0 Å². The van der Waals surface area contributed by atoms with Crippen molar-refractivity contribution in [2.45, 2.75) is 0 Å². The quantitative estimate of drug-likeness (QED) is 0.354. The van der Waals surface area contributed by atoms with Gasteiger partial charge in [0.2, 0.25) is 0 Å². The molecule has 4 radical (unpaired) electrons. The zero-order valence-corrected chi connectivity index (χ0v) is 17.6. The van der Waals surface area contributed by atoms with Crippen LogP contribution in [0.15, 0.2) is 0 Å². The molecule has 0 aromatic rings. The van der Waals surface area contributed by atoms with Crippen LogP contribution in [0.4, 0.5) is 0 Å². The van der Waals surface area contributed by atoms with Gasteiger partial charge >= 0.3 is 66.4 Å². The predicted molar refractivity (Wildman–Crippen MR) is 85.3 cm³/mol. The van der Waals surface area contributed by atoms with E-state index in [-0.39, 0.29) is 0 Å². The number of carbonyl (C=O) groups is 4. The van der Waals surface area contributed by atoms with Gasteiger partial charge in [0.1, 0.15) is 0 Å². The average Bonchev–Trinajstić information content (AvgIpc) is 2.54. The van der Waals surface area contributed by atoms with Crippen LogP contribution in [0.3, 0.4) is 0 Å². The first-order chi connectivity index (χ1) is 10.3. The molecular formula is C8H14Cl2Ga2N4O6-2. The number of rotatable bonds is 6. The standard InChI is InChI=1S/2C4H7N2O3.2ClH.2Ga/c2*5-1-3(7)6-2-4(8)9;;;;/h2*5H,1-2H2,(H2,6,7,8,9);2*1H;;/q2*-1;;;2*+1/p-2. The molecule has 0 aromatic carbocycles. The first kappa shape index (κ1) is 29.6. The summed E-state index contributed by atoms with van der Waals surface area (Å²) in [4.78, 5) is 39.9. The minimum atomic E-state index is -0.906. The van der Waals surface area contributed by atoms with Gasteiger partial charge in [0.15, 0.2) is 0 Å². The summed E-state index contributed by atoms with van der Waals surface area (Å²) in [5.74, 6) is -3.13. The first-order valence-corrected chi connectivity index (χ1v) is 11.3. The molecule has 0 heterocycles. The SMILES string of the molecule is [Cl][Ga].[Cl][Ga].[NH-]CC(=O)[N-]CC(=O)[OH2+].[NH-]CC(=O)[N-]CC(=O)[OH2+]. The maximum absolute atomic E-state index is 10.1. The number of nitrogens with one attached hydrogen (secondary N) is 2. The zero-order valence-electron chi connectivity index (χ0n) is 11.3. The number of hydrogen-bond donors (Lipinski definition) is 0. The summed E-state index contributed by atoms with van der Waals surface area (Å²) in [6.07, 6.45) is 0. The third kappa shape index (κ3) is 36.7. The van der Waals surface area contributed by atoms with Crippen LogP contribution >= 0.6 is 19.3 Å². The summed E-state index contributed by atoms with van der Waals surface area (Å²) in [5, 5.41) is 18.8. The number of halogens is 2. The molecule has 0 fully saturated rings. The fraction of sp³-hybridized carbons (Fsp3) is 0.500. The van der Waals surface area contributed by atoms with E-state index in [4.69, 9.17) is 41.0 Å². The Kier molecular flexibility index (Phi) is 34.5. The van der Waals surface area contributed by atoms with Crippen LogP contribution < -0.4 is 0 Å². The fourth-order valence-corrected chi connectivity index (χ4v) is 0.432. The summed E-state index contributed by atoms with van der Waals surface area (Å²) in [7, 11) is 9.40. The molecule has 0 saturated carbocycles. The van der Waals surface area contributed by atoms with Gasteiger partial charge in [-0.05, 0) is 0 Å². The molecule has 10 nitrogen and oxygen atoms in total. The van der Waals surface area contributed by atoms with Crippen LogP contribution in [0.2, 0.25) is 0 Å². The number of amides is 2. The van der Waals surface area contributed by atoms with E-state index in [1.165, 1.54) is 0 Å². The van der Waals surface area contributed by atoms with E-state index in [1.807, 2.05) is 0 Å². The molecular weight excluding hydrogens is 458 g/mol. The Morgan fingerprint density at radius 3 is 1.14 bits per heavy atom. The second-order valence-electron chi connectivity index (χ2n) is 2.62. The predicted octanol–water partition coefficient (Wildman–Crippen LogP) is -1.00. The Morgan fingerprint density at radius 2 is 1.00 bits per heavy atom. The van der Waals surface area contributed by atoms with Gasteiger partial charge in [0.05, 0.1) is 0 Å². The van der Waals surface area contributed by atoms with E-state index in [9.17, 15) is 19.2 Å². The van der Waals surface area contributed by atoms with Gasteiger partial charge < -0.3 is 41.9 Å². The molecule has 0 rings (SSSR count). The minimum absolute atomic E-state index is 0.419. The third-order valence-electron chi connectivity index (χ3n) is 1.10. The second kappa shape index (κ2) is 25.6. The van der Waals surface area contributed by atoms with Gasteiger partial charge in [-0.3, -0.25) is 0 Å². The Balaban J connectivity index is -0.000000120. The molecule has 0 saturated heterocycles. The molecule has 0 spiro atoms. The van der Waals surface area contributed by atoms with E-state index in [2.05, 4.69) is 10.6 Å². The van der Waals surface area contributed by atoms with Crippen molar-refractivity contribution in [1.82, 2.24) is 0 Å². The van der Waals surface area contributed by atoms with Crippen LogP contribution in [-0.4, -0.2) is 95.3 Å². The van der Waals surface area contributed by atoms with Gasteiger partial charge in [-0.15, -0.1) is 13.1 Å². The maximum Gasteiger partial charge on any atom is 0.498 e. The van der Waals surface area contributed by atoms with Crippen molar-refractivity contribution in [3.05, 3.63) is 22.1 Å². The van der Waals surface area contributed by atoms with Crippen molar-refractivity contribution < 1.29 is 29.4 Å². The Hall–Kier alpha value is -0.347. The minimum Gasteiger partial charge on any atom is -0.673 e. The normalized spacial score (nSPS) is 7.45. The molecule has 14 heteroatoms. The van der Waals surface area contributed by atoms with Gasteiger partial charge in [-0.1, -0.05) is 0 Å². The third-order valence-corrected chi connectivity index (χ3v) is 1.10. The largest absolute Gasteiger partial charge is 0.673 e. The van der Waals surface area contributed by atoms with E-state index < -0.39 is 49.9 Å². The van der Waals surface area contributed by atoms with E-state index in [0.29, 0.717) is 0 Å². The second-order valence-corrected chi connectivity index (χ2v) is 2.62. The number of carbonyl (C=O) groups excluding carboxylic acids is 4. The van der Waals surface area contributed by atoms with Crippen molar-refractivity contribution in [3.63, 3.8) is 0 Å². The van der Waals surface area contributed by atoms with Crippen molar-refractivity contribution >= 4 is 78.2 Å². The summed E-state index contributed by atoms with van der Waals surface area (Å²) < 4.78 is 0. The molecule has 0 unspecified atom stereocenters.